The summed E-state index contributed by atoms with van der Waals surface area (Å²) in [6.07, 6.45) is 10.6. The van der Waals surface area contributed by atoms with Gasteiger partial charge in [-0.05, 0) is 242 Å². The van der Waals surface area contributed by atoms with E-state index in [0.717, 1.165) is 66.8 Å². The number of hydrogen-bond acceptors (Lipinski definition) is 12. The predicted octanol–water partition coefficient (Wildman–Crippen LogP) is 29.4. The minimum absolute atomic E-state index is 0.0651. The highest BCUT2D eigenvalue weighted by Crippen LogP contribution is 2.52. The Morgan fingerprint density at radius 2 is 0.288 bits per heavy atom. The Morgan fingerprint density at radius 3 is 0.402 bits per heavy atom. The molecule has 0 fully saturated rings. The van der Waals surface area contributed by atoms with Crippen molar-refractivity contribution in [3.63, 3.8) is 0 Å². The van der Waals surface area contributed by atoms with Crippen LogP contribution in [0.4, 0.5) is 0 Å². The lowest BCUT2D eigenvalue weighted by Gasteiger charge is -2.26. The fourth-order valence-electron chi connectivity index (χ4n) is 17.6. The molecule has 132 heavy (non-hydrogen) atoms. The maximum absolute atomic E-state index is 13.8. The number of aliphatic imine (C=N–C) groups is 6. The van der Waals surface area contributed by atoms with Gasteiger partial charge in [-0.2, -0.15) is 0 Å². The Labute approximate surface area is 778 Å². The van der Waals surface area contributed by atoms with Crippen molar-refractivity contribution in [2.24, 2.45) is 30.0 Å². The Hall–Kier alpha value is -14.1. The second-order valence-electron chi connectivity index (χ2n) is 41.7. The molecule has 18 bridgehead atoms. The monoisotopic (exact) mass is 1740 g/mol. The highest BCUT2D eigenvalue weighted by atomic mass is 16.3. The third-order valence-corrected chi connectivity index (χ3v) is 25.8. The largest absolute Gasteiger partial charge is 0.507 e. The molecule has 12 nitrogen and oxygen atoms in total. The van der Waals surface area contributed by atoms with Gasteiger partial charge in [-0.15, -0.1) is 0 Å². The second-order valence-corrected chi connectivity index (χ2v) is 41.7. The maximum Gasteiger partial charge on any atom is 0.132 e. The summed E-state index contributed by atoms with van der Waals surface area (Å²) in [6, 6.07) is 92.0. The molecule has 0 spiro atoms. The van der Waals surface area contributed by atoms with Gasteiger partial charge in [0, 0.05) is 104 Å². The molecule has 6 N–H and O–H groups in total. The predicted molar refractivity (Wildman–Crippen MR) is 548 cm³/mol. The number of hydrogen-bond donors (Lipinski definition) is 6. The number of benzene rings is 14. The minimum atomic E-state index is -0.753. The molecule has 0 saturated heterocycles. The van der Waals surface area contributed by atoms with Crippen LogP contribution in [-0.2, 0) is 32.5 Å². The van der Waals surface area contributed by atoms with Gasteiger partial charge in [-0.25, -0.2) is 0 Å². The maximum atomic E-state index is 13.8. The lowest BCUT2D eigenvalue weighted by atomic mass is 9.81. The zero-order chi connectivity index (χ0) is 93.7. The van der Waals surface area contributed by atoms with Gasteiger partial charge in [0.1, 0.15) is 70.7 Å². The van der Waals surface area contributed by atoms with Gasteiger partial charge in [-0.1, -0.05) is 307 Å². The van der Waals surface area contributed by atoms with Crippen molar-refractivity contribution in [1.82, 2.24) is 0 Å². The molecule has 12 heteroatoms. The minimum Gasteiger partial charge on any atom is -0.507 e. The Kier molecular flexibility index (Phi) is 25.1. The SMILES string of the molecule is CC(C)(C)c1cc2c(O)c(c1)-c1cc3cc(c1)-c1cc(C(C)(C)C)cc(c1O)C=N[C@H](c1ccccc1)[C@@H](c1ccccc1)N=Cc1cc(C(C)(C)C)cc(c1O)-c1cc(cc(c1)-c1cc(C(C)(C)C)cc(c1O)C=N[C@H](c1ccccc1)[C@@H](c1ccccc1)N=Cc1cc(C(C)(C)C)cc-3c1O)-c1cc(C(C)(C)C)cc(c1O)C=N[C@H](c1ccccc1)[C@@H](c1ccccc1)N=C2. The Bertz CT molecular complexity index is 5740. The average Bonchev–Trinajstić information content (AvgIpc) is 0.756. The molecule has 14 aromatic carbocycles. The number of fused-ring (bicyclic) bond motifs is 9. The van der Waals surface area contributed by atoms with Crippen molar-refractivity contribution in [2.45, 2.75) is 193 Å². The van der Waals surface area contributed by atoms with E-state index in [1.165, 1.54) is 0 Å². The Balaban J connectivity index is 1.11. The molecule has 17 rings (SSSR count). The van der Waals surface area contributed by atoms with Crippen LogP contribution in [-0.4, -0.2) is 67.9 Å². The summed E-state index contributed by atoms with van der Waals surface area (Å²) in [4.78, 5) is 33.9. The molecular formula is C120H120N6O6. The van der Waals surface area contributed by atoms with Gasteiger partial charge in [0.15, 0.2) is 0 Å². The van der Waals surface area contributed by atoms with E-state index in [1.54, 1.807) is 37.3 Å². The molecule has 0 unspecified atom stereocenters. The topological polar surface area (TPSA) is 196 Å². The third kappa shape index (κ3) is 19.5. The second kappa shape index (κ2) is 36.3. The van der Waals surface area contributed by atoms with E-state index in [4.69, 9.17) is 30.0 Å². The quantitative estimate of drug-likeness (QED) is 0.0958. The van der Waals surface area contributed by atoms with Gasteiger partial charge >= 0.3 is 0 Å². The summed E-state index contributed by atoms with van der Waals surface area (Å²) in [6.45, 7) is 38.7. The van der Waals surface area contributed by atoms with Crippen LogP contribution < -0.4 is 0 Å². The summed E-state index contributed by atoms with van der Waals surface area (Å²) in [5.41, 5.74) is 16.0. The van der Waals surface area contributed by atoms with Crippen molar-refractivity contribution in [1.29, 1.82) is 0 Å². The molecule has 0 aliphatic carbocycles. The highest BCUT2D eigenvalue weighted by molar-refractivity contribution is 5.99. The number of phenolic OH excluding ortho intramolecular Hbond substituents is 6. The molecule has 3 heterocycles. The van der Waals surface area contributed by atoms with E-state index < -0.39 is 68.7 Å². The van der Waals surface area contributed by atoms with Crippen molar-refractivity contribution in [3.8, 4) is 101 Å². The molecule has 3 aliphatic heterocycles. The molecule has 3 aliphatic rings. The lowest BCUT2D eigenvalue weighted by molar-refractivity contribution is 0.473. The van der Waals surface area contributed by atoms with Gasteiger partial charge in [0.05, 0.1) is 0 Å². The van der Waals surface area contributed by atoms with Crippen LogP contribution in [0.1, 0.15) is 261 Å². The molecule has 0 radical (unpaired) electrons. The van der Waals surface area contributed by atoms with E-state index in [0.29, 0.717) is 100 Å². The summed E-state index contributed by atoms with van der Waals surface area (Å²) < 4.78 is 0. The normalized spacial score (nSPS) is 16.9. The molecule has 0 amide bonds. The van der Waals surface area contributed by atoms with Gasteiger partial charge in [0.2, 0.25) is 0 Å². The molecule has 0 saturated carbocycles. The fraction of sp³-hybridized carbons (Fsp3) is 0.250. The van der Waals surface area contributed by atoms with Crippen LogP contribution in [0, 0.1) is 0 Å². The first-order valence-electron chi connectivity index (χ1n) is 45.8. The third-order valence-electron chi connectivity index (χ3n) is 25.8. The molecule has 0 aromatic heterocycles. The van der Waals surface area contributed by atoms with Crippen LogP contribution in [0.5, 0.6) is 34.5 Å². The molecule has 666 valence electrons. The van der Waals surface area contributed by atoms with Crippen molar-refractivity contribution < 1.29 is 30.6 Å². The van der Waals surface area contributed by atoms with Crippen molar-refractivity contribution >= 4 is 37.3 Å². The van der Waals surface area contributed by atoms with Crippen LogP contribution in [0.3, 0.4) is 0 Å². The van der Waals surface area contributed by atoms with Crippen molar-refractivity contribution in [3.05, 3.63) is 391 Å². The average molecular weight is 1740 g/mol. The van der Waals surface area contributed by atoms with Crippen molar-refractivity contribution in [2.75, 3.05) is 0 Å². The first kappa shape index (κ1) is 91.2. The standard InChI is InChI=1S/C120H120N6O6/c1-115(2,3)91-55-85-67-121-103(73-37-25-19-26-38-73)104(74-39-27-20-28-40-74)122-68-88-58-94(118(10,11)12)64-100(112(88)130)82-52-83-54-84(53-82)102-66-96(120(16,17)18)60-90(114(102)132)72-126-108(78-47-35-24-36-48-78)106(76-43-31-22-32-44-76)124-70-87-57-93(117(7,8)9)63-99(111(87)129)81-50-79(97(61-91)109(85)127)49-80(51-81)98-62-92(116(4,5)6)56-86(110(98)128)69-123-105(75-41-29-21-30-42-75)107(77-45-33-23-34-46-77)125-71-89-59-95(119(13,14)15)65-101(83)113(89)131/h19-72,103-108,127-132H,1-18H3/t103-,104-,105-,106-,107-,108-/m1/s1. The highest BCUT2D eigenvalue weighted by Gasteiger charge is 2.34. The molecule has 6 atom stereocenters. The molecular weight excluding hydrogens is 1620 g/mol. The number of nitrogens with zero attached hydrogens (tertiary/aromatic N) is 6. The zero-order valence-electron chi connectivity index (χ0n) is 79.0. The number of rotatable bonds is 6. The van der Waals surface area contributed by atoms with Gasteiger partial charge < -0.3 is 30.6 Å². The van der Waals surface area contributed by atoms with E-state index in [9.17, 15) is 30.6 Å². The van der Waals surface area contributed by atoms with E-state index in [-0.39, 0.29) is 34.5 Å². The Morgan fingerprint density at radius 1 is 0.167 bits per heavy atom. The van der Waals surface area contributed by atoms with Crippen LogP contribution in [0.25, 0.3) is 66.8 Å². The summed E-state index contributed by atoms with van der Waals surface area (Å²) in [7, 11) is 0. The molecule has 14 aromatic rings. The fourth-order valence-corrected chi connectivity index (χ4v) is 17.6. The first-order valence-corrected chi connectivity index (χ1v) is 45.8. The van der Waals surface area contributed by atoms with Crippen LogP contribution in [0.2, 0.25) is 0 Å². The van der Waals surface area contributed by atoms with Gasteiger partial charge in [-0.3, -0.25) is 30.0 Å². The smallest absolute Gasteiger partial charge is 0.132 e. The first-order chi connectivity index (χ1) is 62.7. The van der Waals surface area contributed by atoms with Crippen LogP contribution >= 0.6 is 0 Å². The summed E-state index contributed by atoms with van der Waals surface area (Å²) in [5.74, 6) is -0.390. The number of phenols is 6. The van der Waals surface area contributed by atoms with E-state index in [1.807, 2.05) is 291 Å². The summed E-state index contributed by atoms with van der Waals surface area (Å²) >= 11 is 0. The van der Waals surface area contributed by atoms with Crippen LogP contribution in [0.15, 0.2) is 321 Å². The zero-order valence-corrected chi connectivity index (χ0v) is 79.0. The van der Waals surface area contributed by atoms with Gasteiger partial charge in [0.25, 0.3) is 0 Å². The summed E-state index contributed by atoms with van der Waals surface area (Å²) in [5, 5.41) is 82.7. The van der Waals surface area contributed by atoms with E-state index >= 15 is 0 Å². The van der Waals surface area contributed by atoms with E-state index in [2.05, 4.69) is 125 Å². The number of aromatic hydroxyl groups is 6. The lowest BCUT2D eigenvalue weighted by Crippen LogP contribution is -2.13.